The van der Waals surface area contributed by atoms with Gasteiger partial charge < -0.3 is 15.8 Å². The lowest BCUT2D eigenvalue weighted by Crippen LogP contribution is -2.13. The first-order valence-corrected chi connectivity index (χ1v) is 5.09. The summed E-state index contributed by atoms with van der Waals surface area (Å²) in [5.74, 6) is -0.541. The number of nitrogens with zero attached hydrogens (tertiary/aromatic N) is 1. The molecule has 2 aromatic heterocycles. The predicted octanol–water partition coefficient (Wildman–Crippen LogP) is 0.587. The zero-order chi connectivity index (χ0) is 11.5. The standard InChI is InChI=1S/C11H13N3O2/c12-11(16)10-9-8(3-4-13-10)7(6-14-9)2-1-5-15/h3-4,6,14-15H,1-2,5H2,(H2,12,16). The van der Waals surface area contributed by atoms with E-state index < -0.39 is 5.91 Å². The molecule has 0 aliphatic carbocycles. The highest BCUT2D eigenvalue weighted by Gasteiger charge is 2.11. The number of fused-ring (bicyclic) bond motifs is 1. The number of aliphatic hydroxyl groups is 1. The maximum Gasteiger partial charge on any atom is 0.269 e. The highest BCUT2D eigenvalue weighted by molar-refractivity contribution is 6.03. The molecule has 16 heavy (non-hydrogen) atoms. The van der Waals surface area contributed by atoms with Crippen molar-refractivity contribution in [2.75, 3.05) is 6.61 Å². The number of primary amides is 1. The minimum Gasteiger partial charge on any atom is -0.396 e. The van der Waals surface area contributed by atoms with E-state index in [4.69, 9.17) is 10.8 Å². The third kappa shape index (κ3) is 1.77. The van der Waals surface area contributed by atoms with Crippen LogP contribution in [0, 0.1) is 0 Å². The summed E-state index contributed by atoms with van der Waals surface area (Å²) >= 11 is 0. The van der Waals surface area contributed by atoms with Crippen LogP contribution < -0.4 is 5.73 Å². The van der Waals surface area contributed by atoms with Gasteiger partial charge in [0.15, 0.2) is 5.69 Å². The molecule has 5 nitrogen and oxygen atoms in total. The molecule has 0 fully saturated rings. The number of aryl methyl sites for hydroxylation is 1. The van der Waals surface area contributed by atoms with Crippen molar-refractivity contribution in [2.45, 2.75) is 12.8 Å². The number of H-pyrrole nitrogens is 1. The zero-order valence-corrected chi connectivity index (χ0v) is 8.73. The summed E-state index contributed by atoms with van der Waals surface area (Å²) in [6, 6.07) is 1.84. The van der Waals surface area contributed by atoms with Crippen molar-refractivity contribution < 1.29 is 9.90 Å². The molecule has 84 valence electrons. The Morgan fingerprint density at radius 1 is 1.56 bits per heavy atom. The minimum absolute atomic E-state index is 0.153. The minimum atomic E-state index is -0.541. The summed E-state index contributed by atoms with van der Waals surface area (Å²) in [5, 5.41) is 9.73. The average Bonchev–Trinajstić information content (AvgIpc) is 2.69. The lowest BCUT2D eigenvalue weighted by Gasteiger charge is -1.99. The third-order valence-corrected chi connectivity index (χ3v) is 2.53. The maximum atomic E-state index is 11.1. The van der Waals surface area contributed by atoms with Gasteiger partial charge in [-0.2, -0.15) is 0 Å². The lowest BCUT2D eigenvalue weighted by atomic mass is 10.1. The van der Waals surface area contributed by atoms with Gasteiger partial charge in [-0.15, -0.1) is 0 Å². The van der Waals surface area contributed by atoms with E-state index in [0.29, 0.717) is 11.9 Å². The Kier molecular flexibility index (Phi) is 2.87. The molecular weight excluding hydrogens is 206 g/mol. The Balaban J connectivity index is 2.48. The molecule has 4 N–H and O–H groups in total. The van der Waals surface area contributed by atoms with E-state index in [1.54, 1.807) is 6.20 Å². The van der Waals surface area contributed by atoms with Gasteiger partial charge in [-0.3, -0.25) is 4.79 Å². The topological polar surface area (TPSA) is 92.0 Å². The second-order valence-electron chi connectivity index (χ2n) is 3.59. The number of nitrogens with two attached hydrogens (primary N) is 1. The Morgan fingerprint density at radius 3 is 3.06 bits per heavy atom. The van der Waals surface area contributed by atoms with E-state index in [2.05, 4.69) is 9.97 Å². The fraction of sp³-hybridized carbons (Fsp3) is 0.273. The molecule has 0 saturated carbocycles. The Bertz CT molecular complexity index is 519. The number of amides is 1. The number of hydrogen-bond donors (Lipinski definition) is 3. The monoisotopic (exact) mass is 219 g/mol. The van der Waals surface area contributed by atoms with Crippen LogP contribution in [-0.4, -0.2) is 27.6 Å². The normalized spacial score (nSPS) is 10.8. The van der Waals surface area contributed by atoms with Crippen LogP contribution in [0.1, 0.15) is 22.5 Å². The Labute approximate surface area is 92.3 Å². The number of carbonyl (C=O) groups excluding carboxylic acids is 1. The number of aliphatic hydroxyl groups excluding tert-OH is 1. The van der Waals surface area contributed by atoms with Crippen molar-refractivity contribution in [1.82, 2.24) is 9.97 Å². The third-order valence-electron chi connectivity index (χ3n) is 2.53. The number of aromatic nitrogens is 2. The number of rotatable bonds is 4. The smallest absolute Gasteiger partial charge is 0.269 e. The number of hydrogen-bond acceptors (Lipinski definition) is 3. The number of nitrogens with one attached hydrogen (secondary N) is 1. The second-order valence-corrected chi connectivity index (χ2v) is 3.59. The van der Waals surface area contributed by atoms with Gasteiger partial charge in [0.25, 0.3) is 5.91 Å². The molecule has 2 aromatic rings. The van der Waals surface area contributed by atoms with Crippen LogP contribution in [0.5, 0.6) is 0 Å². The highest BCUT2D eigenvalue weighted by atomic mass is 16.2. The molecular formula is C11H13N3O2. The second kappa shape index (κ2) is 4.32. The van der Waals surface area contributed by atoms with Crippen LogP contribution >= 0.6 is 0 Å². The van der Waals surface area contributed by atoms with Gasteiger partial charge in [0.2, 0.25) is 0 Å². The van der Waals surface area contributed by atoms with Gasteiger partial charge in [-0.25, -0.2) is 4.98 Å². The molecule has 0 unspecified atom stereocenters. The van der Waals surface area contributed by atoms with Crippen molar-refractivity contribution in [3.63, 3.8) is 0 Å². The van der Waals surface area contributed by atoms with Crippen LogP contribution in [-0.2, 0) is 6.42 Å². The quantitative estimate of drug-likeness (QED) is 0.702. The molecule has 2 heterocycles. The average molecular weight is 219 g/mol. The van der Waals surface area contributed by atoms with Crippen molar-refractivity contribution in [3.8, 4) is 0 Å². The van der Waals surface area contributed by atoms with E-state index in [1.165, 1.54) is 0 Å². The van der Waals surface area contributed by atoms with Crippen molar-refractivity contribution in [3.05, 3.63) is 29.7 Å². The molecule has 0 spiro atoms. The molecule has 0 aromatic carbocycles. The van der Waals surface area contributed by atoms with Gasteiger partial charge in [0.05, 0.1) is 5.52 Å². The van der Waals surface area contributed by atoms with Crippen LogP contribution in [0.2, 0.25) is 0 Å². The molecule has 0 aliphatic heterocycles. The summed E-state index contributed by atoms with van der Waals surface area (Å²) in [5.41, 5.74) is 7.22. The van der Waals surface area contributed by atoms with Gasteiger partial charge in [0, 0.05) is 24.4 Å². The highest BCUT2D eigenvalue weighted by Crippen LogP contribution is 2.20. The van der Waals surface area contributed by atoms with Gasteiger partial charge in [-0.1, -0.05) is 0 Å². The fourth-order valence-electron chi connectivity index (χ4n) is 1.78. The summed E-state index contributed by atoms with van der Waals surface area (Å²) in [4.78, 5) is 18.1. The SMILES string of the molecule is NC(=O)c1nccc2c(CCCO)c[nH]c12. The molecule has 0 aliphatic rings. The van der Waals surface area contributed by atoms with E-state index in [-0.39, 0.29) is 12.3 Å². The molecule has 5 heteroatoms. The molecule has 2 rings (SSSR count). The van der Waals surface area contributed by atoms with Gasteiger partial charge in [-0.05, 0) is 24.5 Å². The maximum absolute atomic E-state index is 11.1. The van der Waals surface area contributed by atoms with E-state index in [0.717, 1.165) is 17.4 Å². The predicted molar refractivity (Wildman–Crippen MR) is 60.0 cm³/mol. The summed E-state index contributed by atoms with van der Waals surface area (Å²) in [7, 11) is 0. The summed E-state index contributed by atoms with van der Waals surface area (Å²) < 4.78 is 0. The van der Waals surface area contributed by atoms with Crippen LogP contribution in [0.25, 0.3) is 10.9 Å². The van der Waals surface area contributed by atoms with E-state index in [1.807, 2.05) is 12.3 Å². The van der Waals surface area contributed by atoms with Crippen LogP contribution in [0.3, 0.4) is 0 Å². The molecule has 0 radical (unpaired) electrons. The van der Waals surface area contributed by atoms with Crippen LogP contribution in [0.15, 0.2) is 18.5 Å². The lowest BCUT2D eigenvalue weighted by molar-refractivity contribution is 0.0997. The molecule has 0 saturated heterocycles. The van der Waals surface area contributed by atoms with Crippen molar-refractivity contribution in [2.24, 2.45) is 5.73 Å². The van der Waals surface area contributed by atoms with Crippen LogP contribution in [0.4, 0.5) is 0 Å². The first-order valence-electron chi connectivity index (χ1n) is 5.09. The molecule has 1 amide bonds. The van der Waals surface area contributed by atoms with Crippen molar-refractivity contribution in [1.29, 1.82) is 0 Å². The first kappa shape index (κ1) is 10.6. The Morgan fingerprint density at radius 2 is 2.38 bits per heavy atom. The van der Waals surface area contributed by atoms with Crippen molar-refractivity contribution >= 4 is 16.8 Å². The first-order chi connectivity index (χ1) is 7.74. The number of carbonyl (C=O) groups is 1. The van der Waals surface area contributed by atoms with Gasteiger partial charge in [0.1, 0.15) is 0 Å². The molecule has 0 bridgehead atoms. The number of pyridine rings is 1. The Hall–Kier alpha value is -1.88. The number of aromatic amines is 1. The largest absolute Gasteiger partial charge is 0.396 e. The van der Waals surface area contributed by atoms with Gasteiger partial charge >= 0.3 is 0 Å². The zero-order valence-electron chi connectivity index (χ0n) is 8.73. The summed E-state index contributed by atoms with van der Waals surface area (Å²) in [6.07, 6.45) is 4.85. The molecule has 0 atom stereocenters. The summed E-state index contributed by atoms with van der Waals surface area (Å²) in [6.45, 7) is 0.153. The van der Waals surface area contributed by atoms with E-state index >= 15 is 0 Å². The van der Waals surface area contributed by atoms with E-state index in [9.17, 15) is 4.79 Å². The fourth-order valence-corrected chi connectivity index (χ4v) is 1.78.